The number of rotatable bonds is 9. The molecule has 0 bridgehead atoms. The summed E-state index contributed by atoms with van der Waals surface area (Å²) in [5.74, 6) is -0.968. The van der Waals surface area contributed by atoms with Gasteiger partial charge in [-0.15, -0.1) is 0 Å². The van der Waals surface area contributed by atoms with E-state index in [0.29, 0.717) is 62.7 Å². The summed E-state index contributed by atoms with van der Waals surface area (Å²) in [5, 5.41) is 0. The van der Waals surface area contributed by atoms with Gasteiger partial charge < -0.3 is 19.1 Å². The Hall–Kier alpha value is -3.27. The molecule has 2 saturated heterocycles. The second-order valence-electron chi connectivity index (χ2n) is 11.6. The standard InChI is InChI=1S/C31H39F3N2O5/c1-21(2)20-39-26-8-6-5-7-24(26)19-35-16-13-30(14-17-35)15-18-36(28(30)41-29(38)31(32,33)34)27(37)23-9-11-25(12-10-23)40-22(3)4/h5-12,21-22,28H,13-20H2,1-4H3. The van der Waals surface area contributed by atoms with Gasteiger partial charge in [0.1, 0.15) is 11.5 Å². The highest BCUT2D eigenvalue weighted by atomic mass is 19.4. The summed E-state index contributed by atoms with van der Waals surface area (Å²) in [6, 6.07) is 14.3. The third-order valence-electron chi connectivity index (χ3n) is 7.63. The number of carbonyl (C=O) groups excluding carboxylic acids is 2. The molecule has 2 fully saturated rings. The maximum Gasteiger partial charge on any atom is 0.491 e. The van der Waals surface area contributed by atoms with Crippen molar-refractivity contribution in [3.63, 3.8) is 0 Å². The lowest BCUT2D eigenvalue weighted by Gasteiger charge is -2.43. The second-order valence-corrected chi connectivity index (χ2v) is 11.6. The van der Waals surface area contributed by atoms with E-state index >= 15 is 0 Å². The number of halogens is 3. The fourth-order valence-corrected chi connectivity index (χ4v) is 5.52. The van der Waals surface area contributed by atoms with Gasteiger partial charge in [0.05, 0.1) is 12.7 Å². The lowest BCUT2D eigenvalue weighted by atomic mass is 9.76. The number of hydrogen-bond acceptors (Lipinski definition) is 6. The molecule has 2 heterocycles. The monoisotopic (exact) mass is 576 g/mol. The summed E-state index contributed by atoms with van der Waals surface area (Å²) < 4.78 is 56.6. The Labute approximate surface area is 239 Å². The van der Waals surface area contributed by atoms with E-state index in [2.05, 4.69) is 18.7 Å². The third-order valence-corrected chi connectivity index (χ3v) is 7.63. The second kappa shape index (κ2) is 12.7. The van der Waals surface area contributed by atoms with Gasteiger partial charge in [0, 0.05) is 29.6 Å². The minimum atomic E-state index is -5.16. The molecule has 224 valence electrons. The normalized spacial score (nSPS) is 19.1. The Kier molecular flexibility index (Phi) is 9.51. The average Bonchev–Trinajstić information content (AvgIpc) is 3.25. The van der Waals surface area contributed by atoms with E-state index in [4.69, 9.17) is 14.2 Å². The van der Waals surface area contributed by atoms with Crippen LogP contribution >= 0.6 is 0 Å². The van der Waals surface area contributed by atoms with Crippen LogP contribution in [0.15, 0.2) is 48.5 Å². The Morgan fingerprint density at radius 2 is 1.59 bits per heavy atom. The topological polar surface area (TPSA) is 68.3 Å². The fourth-order valence-electron chi connectivity index (χ4n) is 5.52. The third kappa shape index (κ3) is 7.52. The van der Waals surface area contributed by atoms with E-state index < -0.39 is 29.7 Å². The number of ether oxygens (including phenoxy) is 3. The van der Waals surface area contributed by atoms with Gasteiger partial charge in [-0.2, -0.15) is 13.2 Å². The van der Waals surface area contributed by atoms with Crippen LogP contribution in [0.4, 0.5) is 13.2 Å². The SMILES string of the molecule is CC(C)COc1ccccc1CN1CCC2(CC1)CCN(C(=O)c1ccc(OC(C)C)cc1)C2OC(=O)C(F)(F)F. The molecule has 41 heavy (non-hydrogen) atoms. The molecule has 1 atom stereocenters. The number of para-hydroxylation sites is 1. The van der Waals surface area contributed by atoms with E-state index in [1.54, 1.807) is 24.3 Å². The Bertz CT molecular complexity index is 1190. The van der Waals surface area contributed by atoms with Gasteiger partial charge in [0.15, 0.2) is 6.23 Å². The van der Waals surface area contributed by atoms with Gasteiger partial charge in [0.25, 0.3) is 5.91 Å². The first kappa shape index (κ1) is 30.7. The zero-order valence-electron chi connectivity index (χ0n) is 24.1. The van der Waals surface area contributed by atoms with Gasteiger partial charge >= 0.3 is 12.1 Å². The minimum absolute atomic E-state index is 0.0481. The van der Waals surface area contributed by atoms with Crippen molar-refractivity contribution >= 4 is 11.9 Å². The Balaban J connectivity index is 1.49. The smallest absolute Gasteiger partial charge is 0.491 e. The van der Waals surface area contributed by atoms with Crippen LogP contribution in [0.3, 0.4) is 0 Å². The summed E-state index contributed by atoms with van der Waals surface area (Å²) in [6.45, 7) is 10.5. The van der Waals surface area contributed by atoms with Crippen molar-refractivity contribution in [2.24, 2.45) is 11.3 Å². The molecule has 0 aromatic heterocycles. The molecule has 1 spiro atoms. The van der Waals surface area contributed by atoms with Crippen LogP contribution < -0.4 is 9.47 Å². The zero-order valence-corrected chi connectivity index (χ0v) is 24.1. The molecule has 2 aromatic carbocycles. The van der Waals surface area contributed by atoms with E-state index in [1.165, 1.54) is 4.90 Å². The number of nitrogens with zero attached hydrogens (tertiary/aromatic N) is 2. The minimum Gasteiger partial charge on any atom is -0.493 e. The van der Waals surface area contributed by atoms with Crippen molar-refractivity contribution in [2.75, 3.05) is 26.2 Å². The molecule has 1 unspecified atom stereocenters. The first-order valence-electron chi connectivity index (χ1n) is 14.2. The number of esters is 1. The Morgan fingerprint density at radius 3 is 2.20 bits per heavy atom. The summed E-state index contributed by atoms with van der Waals surface area (Å²) in [5.41, 5.74) is 0.570. The van der Waals surface area contributed by atoms with Gasteiger partial charge in [-0.25, -0.2) is 4.79 Å². The van der Waals surface area contributed by atoms with E-state index in [9.17, 15) is 22.8 Å². The van der Waals surface area contributed by atoms with Crippen LogP contribution in [0.5, 0.6) is 11.5 Å². The number of piperidine rings is 1. The number of benzene rings is 2. The molecule has 0 saturated carbocycles. The first-order chi connectivity index (χ1) is 19.4. The average molecular weight is 577 g/mol. The largest absolute Gasteiger partial charge is 0.493 e. The highest BCUT2D eigenvalue weighted by Crippen LogP contribution is 2.47. The van der Waals surface area contributed by atoms with Crippen LogP contribution in [0.1, 0.15) is 62.9 Å². The lowest BCUT2D eigenvalue weighted by Crippen LogP contribution is -2.51. The quantitative estimate of drug-likeness (QED) is 0.338. The van der Waals surface area contributed by atoms with Crippen LogP contribution in [0.25, 0.3) is 0 Å². The van der Waals surface area contributed by atoms with Gasteiger partial charge in [0.2, 0.25) is 0 Å². The molecule has 0 radical (unpaired) electrons. The summed E-state index contributed by atoms with van der Waals surface area (Å²) >= 11 is 0. The summed E-state index contributed by atoms with van der Waals surface area (Å²) in [6.07, 6.45) is -5.08. The molecule has 0 N–H and O–H groups in total. The molecule has 10 heteroatoms. The molecule has 1 amide bonds. The van der Waals surface area contributed by atoms with Gasteiger partial charge in [-0.3, -0.25) is 9.69 Å². The highest BCUT2D eigenvalue weighted by molar-refractivity contribution is 5.95. The number of likely N-dealkylation sites (tertiary alicyclic amines) is 2. The van der Waals surface area contributed by atoms with Gasteiger partial charge in [-0.05, 0) is 82.4 Å². The van der Waals surface area contributed by atoms with Crippen molar-refractivity contribution in [1.82, 2.24) is 9.80 Å². The van der Waals surface area contributed by atoms with Crippen molar-refractivity contribution in [1.29, 1.82) is 0 Å². The Morgan fingerprint density at radius 1 is 0.951 bits per heavy atom. The predicted molar refractivity (Wildman–Crippen MR) is 148 cm³/mol. The molecular formula is C31H39F3N2O5. The van der Waals surface area contributed by atoms with Crippen molar-refractivity contribution in [3.05, 3.63) is 59.7 Å². The van der Waals surface area contributed by atoms with Crippen molar-refractivity contribution in [2.45, 2.75) is 72.0 Å². The molecule has 7 nitrogen and oxygen atoms in total. The summed E-state index contributed by atoms with van der Waals surface area (Å²) in [7, 11) is 0. The predicted octanol–water partition coefficient (Wildman–Crippen LogP) is 6.07. The first-order valence-corrected chi connectivity index (χ1v) is 14.2. The van der Waals surface area contributed by atoms with Crippen LogP contribution in [-0.4, -0.2) is 66.4 Å². The lowest BCUT2D eigenvalue weighted by molar-refractivity contribution is -0.217. The summed E-state index contributed by atoms with van der Waals surface area (Å²) in [4.78, 5) is 29.0. The molecular weight excluding hydrogens is 537 g/mol. The number of amides is 1. The van der Waals surface area contributed by atoms with Gasteiger partial charge in [-0.1, -0.05) is 32.0 Å². The number of carbonyl (C=O) groups is 2. The van der Waals surface area contributed by atoms with E-state index in [0.717, 1.165) is 11.3 Å². The van der Waals surface area contributed by atoms with Crippen molar-refractivity contribution < 1.29 is 37.0 Å². The van der Waals surface area contributed by atoms with E-state index in [1.807, 2.05) is 38.1 Å². The number of hydrogen-bond donors (Lipinski definition) is 0. The van der Waals surface area contributed by atoms with Crippen LogP contribution in [-0.2, 0) is 16.1 Å². The van der Waals surface area contributed by atoms with Crippen LogP contribution in [0.2, 0.25) is 0 Å². The molecule has 2 aromatic rings. The maximum absolute atomic E-state index is 13.5. The highest BCUT2D eigenvalue weighted by Gasteiger charge is 2.55. The molecule has 2 aliphatic heterocycles. The maximum atomic E-state index is 13.5. The number of alkyl halides is 3. The van der Waals surface area contributed by atoms with Crippen molar-refractivity contribution in [3.8, 4) is 11.5 Å². The molecule has 2 aliphatic rings. The van der Waals surface area contributed by atoms with E-state index in [-0.39, 0.29) is 12.6 Å². The molecule has 0 aliphatic carbocycles. The van der Waals surface area contributed by atoms with Crippen LogP contribution in [0, 0.1) is 11.3 Å². The zero-order chi connectivity index (χ0) is 29.8. The fraction of sp³-hybridized carbons (Fsp3) is 0.548. The molecule has 4 rings (SSSR count).